The average Bonchev–Trinajstić information content (AvgIpc) is 2.41. The smallest absolute Gasteiger partial charge is 0.241 e. The molecule has 2 unspecified atom stereocenters. The van der Waals surface area contributed by atoms with Gasteiger partial charge in [0.25, 0.3) is 0 Å². The zero-order chi connectivity index (χ0) is 14.5. The molecule has 0 spiro atoms. The summed E-state index contributed by atoms with van der Waals surface area (Å²) in [5.74, 6) is 0.480. The molecule has 1 fully saturated rings. The molecule has 2 atom stereocenters. The maximum atomic E-state index is 12.4. The number of carbonyl (C=O) groups is 1. The summed E-state index contributed by atoms with van der Waals surface area (Å²) in [6.07, 6.45) is 2.27. The molecular weight excluding hydrogens is 250 g/mol. The van der Waals surface area contributed by atoms with Crippen LogP contribution in [0.2, 0.25) is 0 Å². The summed E-state index contributed by atoms with van der Waals surface area (Å²) in [6.45, 7) is 3.90. The van der Waals surface area contributed by atoms with E-state index in [1.165, 1.54) is 0 Å². The Kier molecular flexibility index (Phi) is 5.15. The average molecular weight is 275 g/mol. The SMILES string of the molecule is CC1CCCNC1C(=O)Nc1ccccc1CN(C)C. The molecule has 0 saturated carbocycles. The summed E-state index contributed by atoms with van der Waals surface area (Å²) in [7, 11) is 4.06. The summed E-state index contributed by atoms with van der Waals surface area (Å²) in [5.41, 5.74) is 2.07. The molecule has 1 aromatic rings. The highest BCUT2D eigenvalue weighted by Crippen LogP contribution is 2.20. The Balaban J connectivity index is 2.07. The molecule has 0 aromatic heterocycles. The van der Waals surface area contributed by atoms with Gasteiger partial charge < -0.3 is 15.5 Å². The highest BCUT2D eigenvalue weighted by Gasteiger charge is 2.27. The highest BCUT2D eigenvalue weighted by molar-refractivity contribution is 5.95. The minimum Gasteiger partial charge on any atom is -0.324 e. The van der Waals surface area contributed by atoms with Gasteiger partial charge in [0.15, 0.2) is 0 Å². The predicted octanol–water partition coefficient (Wildman–Crippen LogP) is 2.07. The molecule has 4 nitrogen and oxygen atoms in total. The largest absolute Gasteiger partial charge is 0.324 e. The molecule has 0 bridgehead atoms. The standard InChI is InChI=1S/C16H25N3O/c1-12-7-6-10-17-15(12)16(20)18-14-9-5-4-8-13(14)11-19(2)3/h4-5,8-9,12,15,17H,6-7,10-11H2,1-3H3,(H,18,20). The molecule has 4 heteroatoms. The van der Waals surface area contributed by atoms with Crippen LogP contribution in [-0.2, 0) is 11.3 Å². The van der Waals surface area contributed by atoms with Gasteiger partial charge in [0.05, 0.1) is 6.04 Å². The minimum atomic E-state index is -0.0730. The quantitative estimate of drug-likeness (QED) is 0.884. The van der Waals surface area contributed by atoms with Gasteiger partial charge in [-0.3, -0.25) is 4.79 Å². The topological polar surface area (TPSA) is 44.4 Å². The Morgan fingerprint density at radius 1 is 1.40 bits per heavy atom. The van der Waals surface area contributed by atoms with Gasteiger partial charge >= 0.3 is 0 Å². The second-order valence-corrected chi connectivity index (χ2v) is 5.94. The number of para-hydroxylation sites is 1. The van der Waals surface area contributed by atoms with Crippen LogP contribution in [0.15, 0.2) is 24.3 Å². The Morgan fingerprint density at radius 3 is 2.85 bits per heavy atom. The van der Waals surface area contributed by atoms with Crippen LogP contribution in [0.5, 0.6) is 0 Å². The van der Waals surface area contributed by atoms with Gasteiger partial charge in [-0.1, -0.05) is 25.1 Å². The van der Waals surface area contributed by atoms with Crippen molar-refractivity contribution in [2.45, 2.75) is 32.4 Å². The third kappa shape index (κ3) is 3.81. The number of amides is 1. The molecule has 1 heterocycles. The van der Waals surface area contributed by atoms with Crippen LogP contribution in [-0.4, -0.2) is 37.5 Å². The summed E-state index contributed by atoms with van der Waals surface area (Å²) in [6, 6.07) is 7.94. The van der Waals surface area contributed by atoms with Gasteiger partial charge in [-0.25, -0.2) is 0 Å². The van der Waals surface area contributed by atoms with E-state index in [1.807, 2.05) is 32.3 Å². The van der Waals surface area contributed by atoms with Crippen molar-refractivity contribution < 1.29 is 4.79 Å². The highest BCUT2D eigenvalue weighted by atomic mass is 16.2. The van der Waals surface area contributed by atoms with E-state index in [9.17, 15) is 4.79 Å². The number of hydrogen-bond donors (Lipinski definition) is 2. The molecule has 0 aliphatic carbocycles. The van der Waals surface area contributed by atoms with E-state index < -0.39 is 0 Å². The molecule has 2 rings (SSSR count). The number of nitrogens with zero attached hydrogens (tertiary/aromatic N) is 1. The van der Waals surface area contributed by atoms with Crippen LogP contribution in [0.3, 0.4) is 0 Å². The van der Waals surface area contributed by atoms with E-state index in [4.69, 9.17) is 0 Å². The van der Waals surface area contributed by atoms with E-state index in [-0.39, 0.29) is 11.9 Å². The lowest BCUT2D eigenvalue weighted by Crippen LogP contribution is -2.48. The van der Waals surface area contributed by atoms with Crippen LogP contribution in [0, 0.1) is 5.92 Å². The second kappa shape index (κ2) is 6.86. The molecule has 0 radical (unpaired) electrons. The molecular formula is C16H25N3O. The lowest BCUT2D eigenvalue weighted by atomic mass is 9.92. The number of hydrogen-bond acceptors (Lipinski definition) is 3. The number of anilines is 1. The molecule has 1 aromatic carbocycles. The number of piperidine rings is 1. The van der Waals surface area contributed by atoms with Crippen molar-refractivity contribution in [1.29, 1.82) is 0 Å². The summed E-state index contributed by atoms with van der Waals surface area (Å²) in [4.78, 5) is 14.5. The molecule has 20 heavy (non-hydrogen) atoms. The van der Waals surface area contributed by atoms with Crippen LogP contribution in [0.25, 0.3) is 0 Å². The molecule has 1 amide bonds. The fourth-order valence-corrected chi connectivity index (χ4v) is 2.73. The lowest BCUT2D eigenvalue weighted by molar-refractivity contribution is -0.119. The van der Waals surface area contributed by atoms with Gasteiger partial charge in [0.1, 0.15) is 0 Å². The van der Waals surface area contributed by atoms with Crippen molar-refractivity contribution in [3.8, 4) is 0 Å². The first-order valence-corrected chi connectivity index (χ1v) is 7.35. The molecule has 1 saturated heterocycles. The normalized spacial score (nSPS) is 22.8. The van der Waals surface area contributed by atoms with Gasteiger partial charge in [-0.05, 0) is 51.0 Å². The lowest BCUT2D eigenvalue weighted by Gasteiger charge is -2.29. The van der Waals surface area contributed by atoms with E-state index >= 15 is 0 Å². The maximum absolute atomic E-state index is 12.4. The van der Waals surface area contributed by atoms with Gasteiger partial charge in [-0.2, -0.15) is 0 Å². The molecule has 110 valence electrons. The van der Waals surface area contributed by atoms with Crippen LogP contribution >= 0.6 is 0 Å². The Labute approximate surface area is 121 Å². The summed E-state index contributed by atoms with van der Waals surface area (Å²) >= 11 is 0. The minimum absolute atomic E-state index is 0.0730. The summed E-state index contributed by atoms with van der Waals surface area (Å²) < 4.78 is 0. The molecule has 1 aliphatic rings. The molecule has 1 aliphatic heterocycles. The maximum Gasteiger partial charge on any atom is 0.241 e. The second-order valence-electron chi connectivity index (χ2n) is 5.94. The van der Waals surface area contributed by atoms with Crippen LogP contribution < -0.4 is 10.6 Å². The zero-order valence-corrected chi connectivity index (χ0v) is 12.6. The third-order valence-corrected chi connectivity index (χ3v) is 3.81. The fraction of sp³-hybridized carbons (Fsp3) is 0.562. The molecule has 2 N–H and O–H groups in total. The van der Waals surface area contributed by atoms with Crippen molar-refractivity contribution in [1.82, 2.24) is 10.2 Å². The van der Waals surface area contributed by atoms with E-state index in [0.717, 1.165) is 37.2 Å². The van der Waals surface area contributed by atoms with Gasteiger partial charge in [-0.15, -0.1) is 0 Å². The number of benzene rings is 1. The first kappa shape index (κ1) is 15.0. The van der Waals surface area contributed by atoms with Crippen LogP contribution in [0.1, 0.15) is 25.3 Å². The predicted molar refractivity (Wildman–Crippen MR) is 82.7 cm³/mol. The van der Waals surface area contributed by atoms with Crippen molar-refractivity contribution in [3.63, 3.8) is 0 Å². The van der Waals surface area contributed by atoms with Gasteiger partial charge in [0.2, 0.25) is 5.91 Å². The summed E-state index contributed by atoms with van der Waals surface area (Å²) in [5, 5.41) is 6.41. The zero-order valence-electron chi connectivity index (χ0n) is 12.6. The van der Waals surface area contributed by atoms with Crippen molar-refractivity contribution in [2.24, 2.45) is 5.92 Å². The Bertz CT molecular complexity index is 459. The first-order chi connectivity index (χ1) is 9.58. The van der Waals surface area contributed by atoms with Gasteiger partial charge in [0, 0.05) is 12.2 Å². The third-order valence-electron chi connectivity index (χ3n) is 3.81. The van der Waals surface area contributed by atoms with E-state index in [0.29, 0.717) is 5.92 Å². The first-order valence-electron chi connectivity index (χ1n) is 7.35. The van der Waals surface area contributed by atoms with E-state index in [1.54, 1.807) is 0 Å². The fourth-order valence-electron chi connectivity index (χ4n) is 2.73. The number of carbonyl (C=O) groups excluding carboxylic acids is 1. The van der Waals surface area contributed by atoms with Crippen molar-refractivity contribution >= 4 is 11.6 Å². The Hall–Kier alpha value is -1.39. The Morgan fingerprint density at radius 2 is 2.15 bits per heavy atom. The van der Waals surface area contributed by atoms with Crippen molar-refractivity contribution in [2.75, 3.05) is 26.0 Å². The van der Waals surface area contributed by atoms with Crippen LogP contribution in [0.4, 0.5) is 5.69 Å². The van der Waals surface area contributed by atoms with E-state index in [2.05, 4.69) is 28.5 Å². The number of rotatable bonds is 4. The van der Waals surface area contributed by atoms with Crippen molar-refractivity contribution in [3.05, 3.63) is 29.8 Å². The number of nitrogens with one attached hydrogen (secondary N) is 2. The monoisotopic (exact) mass is 275 g/mol.